The summed E-state index contributed by atoms with van der Waals surface area (Å²) in [5.74, 6) is 0.189. The summed E-state index contributed by atoms with van der Waals surface area (Å²) in [6, 6.07) is 20.5. The van der Waals surface area contributed by atoms with Gasteiger partial charge in [-0.1, -0.05) is 30.3 Å². The molecule has 29 heavy (non-hydrogen) atoms. The maximum atomic E-state index is 12.0. The van der Waals surface area contributed by atoms with Crippen LogP contribution in [0.4, 0.5) is 5.69 Å². The number of hydrogen-bond donors (Lipinski definition) is 2. The van der Waals surface area contributed by atoms with Gasteiger partial charge in [0.25, 0.3) is 0 Å². The molecule has 0 atom stereocenters. The van der Waals surface area contributed by atoms with Crippen molar-refractivity contribution in [2.75, 3.05) is 5.32 Å². The number of nitrogens with zero attached hydrogens (tertiary/aromatic N) is 2. The highest BCUT2D eigenvalue weighted by Crippen LogP contribution is 2.24. The van der Waals surface area contributed by atoms with Crippen molar-refractivity contribution in [3.8, 4) is 11.5 Å². The molecule has 0 aliphatic heterocycles. The molecule has 4 rings (SSSR count). The van der Waals surface area contributed by atoms with E-state index in [0.29, 0.717) is 17.1 Å². The summed E-state index contributed by atoms with van der Waals surface area (Å²) < 4.78 is 5.71. The number of benzene rings is 2. The SMILES string of the molecule is O=C(C=Cc1ccccc1)NC(=S)Nc1ccc(-c2nc3ncccc3o2)cc1. The first kappa shape index (κ1) is 18.5. The zero-order valence-electron chi connectivity index (χ0n) is 15.2. The number of fused-ring (bicyclic) bond motifs is 1. The number of anilines is 1. The Morgan fingerprint density at radius 3 is 2.55 bits per heavy atom. The van der Waals surface area contributed by atoms with Crippen LogP contribution in [-0.4, -0.2) is 21.0 Å². The van der Waals surface area contributed by atoms with Crippen molar-refractivity contribution in [3.63, 3.8) is 0 Å². The van der Waals surface area contributed by atoms with Gasteiger partial charge in [0.1, 0.15) is 0 Å². The van der Waals surface area contributed by atoms with E-state index < -0.39 is 0 Å². The molecule has 0 fully saturated rings. The van der Waals surface area contributed by atoms with Gasteiger partial charge in [-0.25, -0.2) is 4.98 Å². The third-order valence-electron chi connectivity index (χ3n) is 4.02. The van der Waals surface area contributed by atoms with E-state index in [1.807, 2.05) is 60.7 Å². The predicted octanol–water partition coefficient (Wildman–Crippen LogP) is 4.42. The van der Waals surface area contributed by atoms with Gasteiger partial charge in [-0.15, -0.1) is 0 Å². The van der Waals surface area contributed by atoms with Crippen LogP contribution in [0.3, 0.4) is 0 Å². The summed E-state index contributed by atoms with van der Waals surface area (Å²) in [5, 5.41) is 5.81. The number of pyridine rings is 1. The molecule has 0 aliphatic rings. The van der Waals surface area contributed by atoms with Crippen LogP contribution in [-0.2, 0) is 4.79 Å². The Bertz CT molecular complexity index is 1150. The number of amides is 1. The first-order valence-corrected chi connectivity index (χ1v) is 9.25. The molecule has 0 spiro atoms. The molecule has 2 aromatic heterocycles. The Kier molecular flexibility index (Phi) is 5.40. The number of aromatic nitrogens is 2. The highest BCUT2D eigenvalue weighted by Gasteiger charge is 2.09. The topological polar surface area (TPSA) is 80.0 Å². The minimum Gasteiger partial charge on any atom is -0.434 e. The quantitative estimate of drug-likeness (QED) is 0.390. The zero-order valence-corrected chi connectivity index (χ0v) is 16.0. The van der Waals surface area contributed by atoms with Gasteiger partial charge in [-0.2, -0.15) is 4.98 Å². The molecule has 0 aliphatic carbocycles. The fraction of sp³-hybridized carbons (Fsp3) is 0. The van der Waals surface area contributed by atoms with E-state index in [0.717, 1.165) is 16.8 Å². The minimum atomic E-state index is -0.304. The van der Waals surface area contributed by atoms with Gasteiger partial charge in [-0.05, 0) is 60.3 Å². The molecule has 2 heterocycles. The fourth-order valence-electron chi connectivity index (χ4n) is 2.64. The van der Waals surface area contributed by atoms with Gasteiger partial charge in [-0.3, -0.25) is 10.1 Å². The number of hydrogen-bond acceptors (Lipinski definition) is 5. The predicted molar refractivity (Wildman–Crippen MR) is 117 cm³/mol. The van der Waals surface area contributed by atoms with Crippen molar-refractivity contribution in [1.82, 2.24) is 15.3 Å². The Balaban J connectivity index is 1.36. The zero-order chi connectivity index (χ0) is 20.1. The van der Waals surface area contributed by atoms with Gasteiger partial charge in [0.2, 0.25) is 11.8 Å². The maximum Gasteiger partial charge on any atom is 0.250 e. The van der Waals surface area contributed by atoms with E-state index in [4.69, 9.17) is 16.6 Å². The highest BCUT2D eigenvalue weighted by atomic mass is 32.1. The highest BCUT2D eigenvalue weighted by molar-refractivity contribution is 7.80. The van der Waals surface area contributed by atoms with E-state index in [1.54, 1.807) is 18.3 Å². The molecule has 6 nitrogen and oxygen atoms in total. The van der Waals surface area contributed by atoms with Crippen molar-refractivity contribution < 1.29 is 9.21 Å². The van der Waals surface area contributed by atoms with Crippen LogP contribution in [0, 0.1) is 0 Å². The first-order chi connectivity index (χ1) is 14.2. The molecule has 0 radical (unpaired) electrons. The molecule has 2 N–H and O–H groups in total. The van der Waals surface area contributed by atoms with E-state index in [-0.39, 0.29) is 11.0 Å². The second-order valence-corrected chi connectivity index (χ2v) is 6.52. The smallest absolute Gasteiger partial charge is 0.250 e. The molecule has 0 bridgehead atoms. The molecule has 0 saturated heterocycles. The summed E-state index contributed by atoms with van der Waals surface area (Å²) in [4.78, 5) is 20.5. The van der Waals surface area contributed by atoms with Crippen LogP contribution in [0.2, 0.25) is 0 Å². The average molecular weight is 400 g/mol. The second-order valence-electron chi connectivity index (χ2n) is 6.11. The Hall–Kier alpha value is -3.84. The number of nitrogens with one attached hydrogen (secondary N) is 2. The summed E-state index contributed by atoms with van der Waals surface area (Å²) in [6.45, 7) is 0. The van der Waals surface area contributed by atoms with Crippen LogP contribution in [0.15, 0.2) is 83.4 Å². The molecule has 0 saturated carbocycles. The molecule has 7 heteroatoms. The molecule has 1 amide bonds. The molecule has 142 valence electrons. The largest absolute Gasteiger partial charge is 0.434 e. The van der Waals surface area contributed by atoms with Gasteiger partial charge >= 0.3 is 0 Å². The summed E-state index contributed by atoms with van der Waals surface area (Å²) in [5.41, 5.74) is 3.69. The first-order valence-electron chi connectivity index (χ1n) is 8.84. The normalized spacial score (nSPS) is 10.9. The Morgan fingerprint density at radius 1 is 1.00 bits per heavy atom. The molecule has 2 aromatic carbocycles. The van der Waals surface area contributed by atoms with E-state index in [2.05, 4.69) is 20.6 Å². The number of carbonyl (C=O) groups excluding carboxylic acids is 1. The third kappa shape index (κ3) is 4.72. The van der Waals surface area contributed by atoms with Crippen molar-refractivity contribution in [3.05, 3.63) is 84.6 Å². The standard InChI is InChI=1S/C22H16N4O2S/c27-19(13-8-15-5-2-1-3-6-15)25-22(29)24-17-11-9-16(10-12-17)21-26-20-18(28-21)7-4-14-23-20/h1-14H,(H2,24,25,27,29). The van der Waals surface area contributed by atoms with Crippen LogP contribution in [0.1, 0.15) is 5.56 Å². The molecular weight excluding hydrogens is 384 g/mol. The lowest BCUT2D eigenvalue weighted by atomic mass is 10.2. The van der Waals surface area contributed by atoms with Crippen LogP contribution in [0.25, 0.3) is 28.8 Å². The van der Waals surface area contributed by atoms with Crippen molar-refractivity contribution in [2.24, 2.45) is 0 Å². The number of thiocarbonyl (C=S) groups is 1. The average Bonchev–Trinajstić information content (AvgIpc) is 3.18. The van der Waals surface area contributed by atoms with E-state index in [9.17, 15) is 4.79 Å². The monoisotopic (exact) mass is 400 g/mol. The van der Waals surface area contributed by atoms with Crippen molar-refractivity contribution >= 4 is 46.2 Å². The summed E-state index contributed by atoms with van der Waals surface area (Å²) in [6.07, 6.45) is 4.83. The van der Waals surface area contributed by atoms with Crippen LogP contribution >= 0.6 is 12.2 Å². The second kappa shape index (κ2) is 8.45. The summed E-state index contributed by atoms with van der Waals surface area (Å²) >= 11 is 5.20. The Labute approximate surface area is 172 Å². The lowest BCUT2D eigenvalue weighted by molar-refractivity contribution is -0.115. The fourth-order valence-corrected chi connectivity index (χ4v) is 2.86. The third-order valence-corrected chi connectivity index (χ3v) is 4.22. The van der Waals surface area contributed by atoms with Crippen molar-refractivity contribution in [1.29, 1.82) is 0 Å². The van der Waals surface area contributed by atoms with Crippen LogP contribution < -0.4 is 10.6 Å². The molecular formula is C22H16N4O2S. The molecule has 4 aromatic rings. The minimum absolute atomic E-state index is 0.214. The molecule has 0 unspecified atom stereocenters. The van der Waals surface area contributed by atoms with Crippen molar-refractivity contribution in [2.45, 2.75) is 0 Å². The van der Waals surface area contributed by atoms with Crippen LogP contribution in [0.5, 0.6) is 0 Å². The number of oxazole rings is 1. The van der Waals surface area contributed by atoms with Gasteiger partial charge < -0.3 is 9.73 Å². The van der Waals surface area contributed by atoms with E-state index in [1.165, 1.54) is 6.08 Å². The number of rotatable bonds is 4. The lowest BCUT2D eigenvalue weighted by Gasteiger charge is -2.08. The lowest BCUT2D eigenvalue weighted by Crippen LogP contribution is -2.32. The van der Waals surface area contributed by atoms with Gasteiger partial charge in [0.15, 0.2) is 16.3 Å². The van der Waals surface area contributed by atoms with Gasteiger partial charge in [0.05, 0.1) is 0 Å². The van der Waals surface area contributed by atoms with Gasteiger partial charge in [0, 0.05) is 23.5 Å². The number of carbonyl (C=O) groups is 1. The Morgan fingerprint density at radius 2 is 1.79 bits per heavy atom. The summed E-state index contributed by atoms with van der Waals surface area (Å²) in [7, 11) is 0. The maximum absolute atomic E-state index is 12.0. The van der Waals surface area contributed by atoms with E-state index >= 15 is 0 Å².